The van der Waals surface area contributed by atoms with E-state index in [0.29, 0.717) is 5.75 Å². The van der Waals surface area contributed by atoms with Gasteiger partial charge in [-0.25, -0.2) is 14.8 Å². The summed E-state index contributed by atoms with van der Waals surface area (Å²) in [4.78, 5) is 18.0. The van der Waals surface area contributed by atoms with Crippen molar-refractivity contribution >= 4 is 5.97 Å². The number of carbonyl (C=O) groups is 1. The standard InChI is InChI=1S/C9H8N4O3/c1-13-5-6(2-12-13)16-8-4-10-7(3-11-8)9(14)15/h2-5H,1H3,(H,14,15). The summed E-state index contributed by atoms with van der Waals surface area (Å²) in [5, 5.41) is 12.5. The largest absolute Gasteiger partial charge is 0.476 e. The van der Waals surface area contributed by atoms with Crippen LogP contribution in [0, 0.1) is 0 Å². The highest BCUT2D eigenvalue weighted by atomic mass is 16.5. The van der Waals surface area contributed by atoms with E-state index in [1.807, 2.05) is 0 Å². The Morgan fingerprint density at radius 2 is 2.19 bits per heavy atom. The monoisotopic (exact) mass is 220 g/mol. The zero-order valence-corrected chi connectivity index (χ0v) is 8.36. The summed E-state index contributed by atoms with van der Waals surface area (Å²) in [5.41, 5.74) is -0.126. The average molecular weight is 220 g/mol. The van der Waals surface area contributed by atoms with Gasteiger partial charge in [0.1, 0.15) is 0 Å². The minimum Gasteiger partial charge on any atom is -0.476 e. The Hall–Kier alpha value is -2.44. The van der Waals surface area contributed by atoms with Gasteiger partial charge in [-0.1, -0.05) is 0 Å². The van der Waals surface area contributed by atoms with Gasteiger partial charge < -0.3 is 9.84 Å². The van der Waals surface area contributed by atoms with Crippen LogP contribution in [-0.2, 0) is 7.05 Å². The van der Waals surface area contributed by atoms with Gasteiger partial charge in [0.05, 0.1) is 24.8 Å². The second-order valence-electron chi connectivity index (χ2n) is 3.00. The fourth-order valence-corrected chi connectivity index (χ4v) is 1.05. The predicted octanol–water partition coefficient (Wildman–Crippen LogP) is 0.701. The molecule has 16 heavy (non-hydrogen) atoms. The number of ether oxygens (including phenoxy) is 1. The highest BCUT2D eigenvalue weighted by Crippen LogP contribution is 2.16. The van der Waals surface area contributed by atoms with E-state index < -0.39 is 5.97 Å². The van der Waals surface area contributed by atoms with Gasteiger partial charge in [-0.2, -0.15) is 5.10 Å². The lowest BCUT2D eigenvalue weighted by Gasteiger charge is -2.00. The third-order valence-corrected chi connectivity index (χ3v) is 1.75. The molecule has 2 aromatic rings. The normalized spacial score (nSPS) is 10.1. The quantitative estimate of drug-likeness (QED) is 0.818. The second kappa shape index (κ2) is 3.97. The van der Waals surface area contributed by atoms with Gasteiger partial charge in [-0.05, 0) is 0 Å². The maximum absolute atomic E-state index is 10.5. The van der Waals surface area contributed by atoms with Crippen LogP contribution in [0.2, 0.25) is 0 Å². The number of aromatic carboxylic acids is 1. The molecule has 2 heterocycles. The number of aromatic nitrogens is 4. The first kappa shape index (κ1) is 10.1. The molecule has 7 heteroatoms. The maximum atomic E-state index is 10.5. The maximum Gasteiger partial charge on any atom is 0.356 e. The molecule has 2 rings (SSSR count). The number of nitrogens with zero attached hydrogens (tertiary/aromatic N) is 4. The Kier molecular flexibility index (Phi) is 2.50. The number of hydrogen-bond donors (Lipinski definition) is 1. The summed E-state index contributed by atoms with van der Waals surface area (Å²) in [6.45, 7) is 0. The molecule has 82 valence electrons. The number of carboxylic acids is 1. The van der Waals surface area contributed by atoms with E-state index in [1.54, 1.807) is 17.9 Å². The van der Waals surface area contributed by atoms with Crippen LogP contribution in [0.5, 0.6) is 11.6 Å². The SMILES string of the molecule is Cn1cc(Oc2cnc(C(=O)O)cn2)cn1. The van der Waals surface area contributed by atoms with Gasteiger partial charge >= 0.3 is 5.97 Å². The Morgan fingerprint density at radius 3 is 2.69 bits per heavy atom. The van der Waals surface area contributed by atoms with Crippen LogP contribution in [0.4, 0.5) is 0 Å². The average Bonchev–Trinajstić information content (AvgIpc) is 2.65. The third-order valence-electron chi connectivity index (χ3n) is 1.75. The molecule has 1 N–H and O–H groups in total. The Morgan fingerprint density at radius 1 is 1.38 bits per heavy atom. The Labute approximate surface area is 90.3 Å². The van der Waals surface area contributed by atoms with Crippen LogP contribution < -0.4 is 4.74 Å². The van der Waals surface area contributed by atoms with Crippen molar-refractivity contribution < 1.29 is 14.6 Å². The van der Waals surface area contributed by atoms with Gasteiger partial charge in [0.15, 0.2) is 11.4 Å². The van der Waals surface area contributed by atoms with Gasteiger partial charge in [-0.15, -0.1) is 0 Å². The molecule has 0 saturated heterocycles. The number of carboxylic acid groups (broad SMARTS) is 1. The van der Waals surface area contributed by atoms with Crippen molar-refractivity contribution in [2.75, 3.05) is 0 Å². The van der Waals surface area contributed by atoms with Gasteiger partial charge in [0, 0.05) is 7.05 Å². The number of rotatable bonds is 3. The molecule has 0 saturated carbocycles. The molecule has 0 amide bonds. The molecule has 0 aromatic carbocycles. The van der Waals surface area contributed by atoms with Crippen molar-refractivity contribution in [3.63, 3.8) is 0 Å². The second-order valence-corrected chi connectivity index (χ2v) is 3.00. The van der Waals surface area contributed by atoms with E-state index in [2.05, 4.69) is 15.1 Å². The number of aryl methyl sites for hydroxylation is 1. The van der Waals surface area contributed by atoms with Crippen LogP contribution >= 0.6 is 0 Å². The molecule has 0 spiro atoms. The first-order valence-electron chi connectivity index (χ1n) is 4.37. The van der Waals surface area contributed by atoms with Crippen LogP contribution in [-0.4, -0.2) is 30.8 Å². The van der Waals surface area contributed by atoms with E-state index in [4.69, 9.17) is 9.84 Å². The predicted molar refractivity (Wildman–Crippen MR) is 52.3 cm³/mol. The summed E-state index contributed by atoms with van der Waals surface area (Å²) >= 11 is 0. The smallest absolute Gasteiger partial charge is 0.356 e. The van der Waals surface area contributed by atoms with Crippen LogP contribution in [0.1, 0.15) is 10.5 Å². The van der Waals surface area contributed by atoms with E-state index in [9.17, 15) is 4.79 Å². The Balaban J connectivity index is 2.14. The molecule has 0 aliphatic rings. The Bertz CT molecular complexity index is 506. The van der Waals surface area contributed by atoms with E-state index in [-0.39, 0.29) is 11.6 Å². The van der Waals surface area contributed by atoms with Gasteiger partial charge in [-0.3, -0.25) is 4.68 Å². The zero-order valence-electron chi connectivity index (χ0n) is 8.36. The van der Waals surface area contributed by atoms with E-state index >= 15 is 0 Å². The highest BCUT2D eigenvalue weighted by Gasteiger charge is 2.06. The first-order valence-corrected chi connectivity index (χ1v) is 4.37. The van der Waals surface area contributed by atoms with Crippen molar-refractivity contribution in [1.29, 1.82) is 0 Å². The molecular formula is C9H8N4O3. The molecule has 0 aliphatic heterocycles. The van der Waals surface area contributed by atoms with Crippen molar-refractivity contribution in [3.8, 4) is 11.6 Å². The molecular weight excluding hydrogens is 212 g/mol. The minimum atomic E-state index is -1.12. The highest BCUT2D eigenvalue weighted by molar-refractivity contribution is 5.84. The first-order chi connectivity index (χ1) is 7.65. The van der Waals surface area contributed by atoms with Crippen LogP contribution in [0.15, 0.2) is 24.8 Å². The lowest BCUT2D eigenvalue weighted by atomic mass is 10.5. The van der Waals surface area contributed by atoms with Crippen molar-refractivity contribution in [2.24, 2.45) is 7.05 Å². The van der Waals surface area contributed by atoms with E-state index in [0.717, 1.165) is 6.20 Å². The molecule has 0 radical (unpaired) electrons. The van der Waals surface area contributed by atoms with Crippen molar-refractivity contribution in [3.05, 3.63) is 30.5 Å². The fourth-order valence-electron chi connectivity index (χ4n) is 1.05. The number of hydrogen-bond acceptors (Lipinski definition) is 5. The lowest BCUT2D eigenvalue weighted by molar-refractivity contribution is 0.0690. The van der Waals surface area contributed by atoms with Crippen molar-refractivity contribution in [2.45, 2.75) is 0 Å². The van der Waals surface area contributed by atoms with Gasteiger partial charge in [0.2, 0.25) is 5.88 Å². The van der Waals surface area contributed by atoms with Crippen molar-refractivity contribution in [1.82, 2.24) is 19.7 Å². The third kappa shape index (κ3) is 2.14. The molecule has 0 bridgehead atoms. The topological polar surface area (TPSA) is 90.1 Å². The molecule has 7 nitrogen and oxygen atoms in total. The molecule has 0 unspecified atom stereocenters. The van der Waals surface area contributed by atoms with Gasteiger partial charge in [0.25, 0.3) is 0 Å². The molecule has 0 atom stereocenters. The molecule has 0 aliphatic carbocycles. The minimum absolute atomic E-state index is 0.126. The fraction of sp³-hybridized carbons (Fsp3) is 0.111. The summed E-state index contributed by atoms with van der Waals surface area (Å²) in [7, 11) is 1.76. The van der Waals surface area contributed by atoms with Crippen LogP contribution in [0.3, 0.4) is 0 Å². The summed E-state index contributed by atoms with van der Waals surface area (Å²) in [6.07, 6.45) is 5.56. The summed E-state index contributed by atoms with van der Waals surface area (Å²) < 4.78 is 6.86. The summed E-state index contributed by atoms with van der Waals surface area (Å²) in [6, 6.07) is 0. The van der Waals surface area contributed by atoms with E-state index in [1.165, 1.54) is 12.4 Å². The van der Waals surface area contributed by atoms with Crippen LogP contribution in [0.25, 0.3) is 0 Å². The molecule has 0 fully saturated rings. The molecule has 2 aromatic heterocycles. The zero-order chi connectivity index (χ0) is 11.5. The summed E-state index contributed by atoms with van der Waals surface area (Å²) in [5.74, 6) is -0.390. The lowest BCUT2D eigenvalue weighted by Crippen LogP contribution is -2.01.